The predicted octanol–water partition coefficient (Wildman–Crippen LogP) is 5.00. The number of hydrogen-bond donors (Lipinski definition) is 1. The van der Waals surface area contributed by atoms with Crippen molar-refractivity contribution in [1.82, 2.24) is 4.57 Å². The normalized spacial score (nSPS) is 10.9. The van der Waals surface area contributed by atoms with Crippen LogP contribution < -0.4 is 10.2 Å². The molecule has 0 atom stereocenters. The maximum absolute atomic E-state index is 12.6. The van der Waals surface area contributed by atoms with E-state index in [2.05, 4.69) is 5.32 Å². The van der Waals surface area contributed by atoms with Gasteiger partial charge in [0.2, 0.25) is 0 Å². The average molecular weight is 374 g/mol. The van der Waals surface area contributed by atoms with Crippen LogP contribution in [0.2, 0.25) is 0 Å². The highest BCUT2D eigenvalue weighted by Crippen LogP contribution is 2.23. The molecule has 27 heavy (non-hydrogen) atoms. The van der Waals surface area contributed by atoms with E-state index in [0.717, 1.165) is 21.3 Å². The maximum atomic E-state index is 12.6. The number of nitrogens with zero attached hydrogens (tertiary/aromatic N) is 1. The number of thiazole rings is 1. The first-order valence-electron chi connectivity index (χ1n) is 8.76. The first-order valence-corrected chi connectivity index (χ1v) is 9.57. The molecule has 0 bridgehead atoms. The molecule has 0 aliphatic rings. The zero-order valence-electron chi connectivity index (χ0n) is 14.8. The largest absolute Gasteiger partial charge is 0.322 e. The summed E-state index contributed by atoms with van der Waals surface area (Å²) in [5.41, 5.74) is 4.36. The second kappa shape index (κ2) is 7.21. The number of anilines is 1. The molecule has 0 saturated heterocycles. The Morgan fingerprint density at radius 1 is 0.963 bits per heavy atom. The third-order valence-electron chi connectivity index (χ3n) is 4.50. The molecular formula is C22H18N2O2S. The lowest BCUT2D eigenvalue weighted by atomic mass is 10.0. The highest BCUT2D eigenvalue weighted by atomic mass is 32.1. The van der Waals surface area contributed by atoms with Gasteiger partial charge in [-0.05, 0) is 48.4 Å². The number of amides is 1. The van der Waals surface area contributed by atoms with Crippen molar-refractivity contribution in [2.75, 3.05) is 5.32 Å². The first-order chi connectivity index (χ1) is 13.2. The summed E-state index contributed by atoms with van der Waals surface area (Å²) in [4.78, 5) is 24.5. The monoisotopic (exact) mass is 374 g/mol. The Balaban J connectivity index is 1.55. The third kappa shape index (κ3) is 3.41. The summed E-state index contributed by atoms with van der Waals surface area (Å²) in [5, 5.41) is 2.91. The minimum Gasteiger partial charge on any atom is -0.322 e. The van der Waals surface area contributed by atoms with Crippen LogP contribution in [0.4, 0.5) is 5.69 Å². The number of carbonyl (C=O) groups is 1. The fraction of sp³-hybridized carbons (Fsp3) is 0.0909. The number of aryl methyl sites for hydroxylation is 1. The zero-order valence-corrected chi connectivity index (χ0v) is 15.6. The molecule has 0 spiro atoms. The van der Waals surface area contributed by atoms with E-state index in [1.54, 1.807) is 4.57 Å². The van der Waals surface area contributed by atoms with Gasteiger partial charge in [-0.25, -0.2) is 0 Å². The van der Waals surface area contributed by atoms with Gasteiger partial charge >= 0.3 is 4.87 Å². The summed E-state index contributed by atoms with van der Waals surface area (Å²) in [5.74, 6) is -0.170. The summed E-state index contributed by atoms with van der Waals surface area (Å²) < 4.78 is 2.60. The lowest BCUT2D eigenvalue weighted by molar-refractivity contribution is 0.102. The Bertz CT molecular complexity index is 1160. The van der Waals surface area contributed by atoms with Crippen molar-refractivity contribution in [2.45, 2.75) is 13.5 Å². The van der Waals surface area contributed by atoms with Crippen LogP contribution in [0.3, 0.4) is 0 Å². The molecule has 0 aliphatic carbocycles. The summed E-state index contributed by atoms with van der Waals surface area (Å²) in [6.45, 7) is 2.58. The molecule has 0 fully saturated rings. The fourth-order valence-corrected chi connectivity index (χ4v) is 4.09. The lowest BCUT2D eigenvalue weighted by Crippen LogP contribution is -2.12. The van der Waals surface area contributed by atoms with Crippen molar-refractivity contribution in [1.29, 1.82) is 0 Å². The molecule has 1 aromatic heterocycles. The third-order valence-corrected chi connectivity index (χ3v) is 5.44. The van der Waals surface area contributed by atoms with Gasteiger partial charge in [0.15, 0.2) is 0 Å². The van der Waals surface area contributed by atoms with Gasteiger partial charge in [-0.3, -0.25) is 14.2 Å². The quantitative estimate of drug-likeness (QED) is 0.546. The van der Waals surface area contributed by atoms with E-state index < -0.39 is 0 Å². The van der Waals surface area contributed by atoms with Crippen molar-refractivity contribution in [3.05, 3.63) is 88.0 Å². The van der Waals surface area contributed by atoms with Gasteiger partial charge in [-0.1, -0.05) is 53.8 Å². The summed E-state index contributed by atoms with van der Waals surface area (Å²) in [6, 6.07) is 23.1. The summed E-state index contributed by atoms with van der Waals surface area (Å²) in [6.07, 6.45) is 0. The van der Waals surface area contributed by atoms with Gasteiger partial charge in [-0.2, -0.15) is 0 Å². The van der Waals surface area contributed by atoms with E-state index in [4.69, 9.17) is 0 Å². The molecule has 4 aromatic rings. The Morgan fingerprint density at radius 2 is 1.67 bits per heavy atom. The van der Waals surface area contributed by atoms with E-state index >= 15 is 0 Å². The number of rotatable bonds is 4. The molecule has 0 aliphatic heterocycles. The number of nitrogens with one attached hydrogen (secondary N) is 1. The molecule has 3 aromatic carbocycles. The van der Waals surface area contributed by atoms with E-state index in [0.29, 0.717) is 17.8 Å². The van der Waals surface area contributed by atoms with E-state index in [1.807, 2.05) is 79.7 Å². The molecule has 0 radical (unpaired) electrons. The molecule has 134 valence electrons. The predicted molar refractivity (Wildman–Crippen MR) is 112 cm³/mol. The Morgan fingerprint density at radius 3 is 2.37 bits per heavy atom. The fourth-order valence-electron chi connectivity index (χ4n) is 3.09. The van der Waals surface area contributed by atoms with Gasteiger partial charge < -0.3 is 5.32 Å². The van der Waals surface area contributed by atoms with Crippen LogP contribution in [0.5, 0.6) is 0 Å². The zero-order chi connectivity index (χ0) is 18.8. The minimum atomic E-state index is -0.170. The first kappa shape index (κ1) is 17.2. The number of fused-ring (bicyclic) bond motifs is 1. The molecule has 5 heteroatoms. The van der Waals surface area contributed by atoms with Crippen LogP contribution in [-0.2, 0) is 6.54 Å². The van der Waals surface area contributed by atoms with Gasteiger partial charge in [0.1, 0.15) is 0 Å². The standard InChI is InChI=1S/C22H18N2O2S/c1-2-24-19-13-12-18(14-20(19)27-22(24)26)23-21(25)17-10-8-16(9-11-17)15-6-4-3-5-7-15/h3-14H,2H2,1H3,(H,23,25). The molecule has 1 amide bonds. The average Bonchev–Trinajstić information content (AvgIpc) is 3.03. The topological polar surface area (TPSA) is 51.1 Å². The van der Waals surface area contributed by atoms with Crippen LogP contribution in [0, 0.1) is 0 Å². The van der Waals surface area contributed by atoms with Gasteiger partial charge in [0.05, 0.1) is 10.2 Å². The maximum Gasteiger partial charge on any atom is 0.308 e. The summed E-state index contributed by atoms with van der Waals surface area (Å²) in [7, 11) is 0. The SMILES string of the molecule is CCn1c(=O)sc2cc(NC(=O)c3ccc(-c4ccccc4)cc3)ccc21. The summed E-state index contributed by atoms with van der Waals surface area (Å²) >= 11 is 1.20. The Kier molecular flexibility index (Phi) is 4.60. The minimum absolute atomic E-state index is 0.0208. The highest BCUT2D eigenvalue weighted by molar-refractivity contribution is 7.16. The van der Waals surface area contributed by atoms with Crippen LogP contribution in [0.25, 0.3) is 21.3 Å². The van der Waals surface area contributed by atoms with Crippen molar-refractivity contribution in [2.24, 2.45) is 0 Å². The van der Waals surface area contributed by atoms with Crippen LogP contribution in [0.1, 0.15) is 17.3 Å². The molecular weight excluding hydrogens is 356 g/mol. The van der Waals surface area contributed by atoms with Crippen LogP contribution in [-0.4, -0.2) is 10.5 Å². The number of hydrogen-bond acceptors (Lipinski definition) is 3. The van der Waals surface area contributed by atoms with Gasteiger partial charge in [0.25, 0.3) is 5.91 Å². The Hall–Kier alpha value is -3.18. The molecule has 1 N–H and O–H groups in total. The molecule has 0 unspecified atom stereocenters. The van der Waals surface area contributed by atoms with Crippen LogP contribution in [0.15, 0.2) is 77.6 Å². The molecule has 1 heterocycles. The van der Waals surface area contributed by atoms with Crippen molar-refractivity contribution in [3.8, 4) is 11.1 Å². The number of benzene rings is 3. The van der Waals surface area contributed by atoms with E-state index in [-0.39, 0.29) is 10.8 Å². The van der Waals surface area contributed by atoms with Crippen molar-refractivity contribution < 1.29 is 4.79 Å². The van der Waals surface area contributed by atoms with Gasteiger partial charge in [0, 0.05) is 17.8 Å². The van der Waals surface area contributed by atoms with Crippen molar-refractivity contribution >= 4 is 33.1 Å². The van der Waals surface area contributed by atoms with Crippen molar-refractivity contribution in [3.63, 3.8) is 0 Å². The van der Waals surface area contributed by atoms with Gasteiger partial charge in [-0.15, -0.1) is 0 Å². The lowest BCUT2D eigenvalue weighted by Gasteiger charge is -2.07. The second-order valence-electron chi connectivity index (χ2n) is 6.19. The smallest absolute Gasteiger partial charge is 0.308 e. The molecule has 4 rings (SSSR count). The number of carbonyl (C=O) groups excluding carboxylic acids is 1. The molecule has 0 saturated carbocycles. The molecule has 4 nitrogen and oxygen atoms in total. The van der Waals surface area contributed by atoms with Crippen LogP contribution >= 0.6 is 11.3 Å². The van der Waals surface area contributed by atoms with E-state index in [9.17, 15) is 9.59 Å². The second-order valence-corrected chi connectivity index (χ2v) is 7.19. The number of aromatic nitrogens is 1. The van der Waals surface area contributed by atoms with E-state index in [1.165, 1.54) is 11.3 Å². The highest BCUT2D eigenvalue weighted by Gasteiger charge is 2.10. The Labute approximate surface area is 160 Å².